The number of amides is 1. The van der Waals surface area contributed by atoms with Crippen molar-refractivity contribution in [2.45, 2.75) is 76.0 Å². The minimum absolute atomic E-state index is 0.0249. The van der Waals surface area contributed by atoms with Gasteiger partial charge in [-0.05, 0) is 56.6 Å². The number of aliphatic hydroxyl groups excluding tert-OH is 1. The number of allylic oxidation sites excluding steroid dienone is 4. The van der Waals surface area contributed by atoms with Gasteiger partial charge in [0.25, 0.3) is 0 Å². The van der Waals surface area contributed by atoms with Gasteiger partial charge in [0.05, 0.1) is 12.5 Å². The molecule has 2 aliphatic heterocycles. The van der Waals surface area contributed by atoms with Crippen LogP contribution in [0.3, 0.4) is 0 Å². The number of aliphatic hydroxyl groups is 1. The number of nitrogens with zero attached hydrogens (tertiary/aromatic N) is 2. The van der Waals surface area contributed by atoms with E-state index in [2.05, 4.69) is 19.0 Å². The summed E-state index contributed by atoms with van der Waals surface area (Å²) in [5.74, 6) is -1.43. The topological polar surface area (TPSA) is 99.1 Å². The number of ether oxygens (including phenoxy) is 4. The fourth-order valence-electron chi connectivity index (χ4n) is 9.28. The van der Waals surface area contributed by atoms with Gasteiger partial charge >= 0.3 is 0 Å². The summed E-state index contributed by atoms with van der Waals surface area (Å²) in [4.78, 5) is 18.7. The van der Waals surface area contributed by atoms with Gasteiger partial charge in [0, 0.05) is 30.8 Å². The molecule has 0 aromatic rings. The molecule has 10 heteroatoms. The van der Waals surface area contributed by atoms with Crippen LogP contribution < -0.4 is 0 Å². The Morgan fingerprint density at radius 1 is 1.23 bits per heavy atom. The van der Waals surface area contributed by atoms with Gasteiger partial charge in [-0.15, -0.1) is 0 Å². The van der Waals surface area contributed by atoms with Gasteiger partial charge in [-0.25, -0.2) is 4.39 Å². The van der Waals surface area contributed by atoms with E-state index in [1.54, 1.807) is 20.2 Å². The van der Waals surface area contributed by atoms with E-state index in [4.69, 9.17) is 23.8 Å². The second kappa shape index (κ2) is 9.08. The molecule has 0 aromatic carbocycles. The Balaban J connectivity index is 1.28. The number of hydrogen-bond acceptors (Lipinski definition) is 8. The average Bonchev–Trinajstić information content (AvgIpc) is 3.58. The number of rotatable bonds is 4. The van der Waals surface area contributed by atoms with E-state index < -0.39 is 34.0 Å². The third kappa shape index (κ3) is 3.41. The van der Waals surface area contributed by atoms with E-state index in [9.17, 15) is 9.90 Å². The minimum Gasteiger partial charge on any atom is -0.395 e. The Kier molecular flexibility index (Phi) is 6.36. The molecule has 3 saturated carbocycles. The summed E-state index contributed by atoms with van der Waals surface area (Å²) < 4.78 is 42.0. The monoisotopic (exact) mass is 548 g/mol. The van der Waals surface area contributed by atoms with E-state index in [1.165, 1.54) is 4.90 Å². The molecule has 39 heavy (non-hydrogen) atoms. The molecule has 2 saturated heterocycles. The fourth-order valence-corrected chi connectivity index (χ4v) is 9.28. The van der Waals surface area contributed by atoms with Gasteiger partial charge in [0.15, 0.2) is 19.3 Å². The van der Waals surface area contributed by atoms with Crippen molar-refractivity contribution >= 4 is 11.6 Å². The molecular formula is C29H41FN2O7. The first-order valence-corrected chi connectivity index (χ1v) is 14.1. The molecule has 2 spiro atoms. The summed E-state index contributed by atoms with van der Waals surface area (Å²) in [5, 5.41) is 16.0. The first-order chi connectivity index (χ1) is 18.5. The normalized spacial score (nSPS) is 49.2. The fraction of sp³-hybridized carbons (Fsp3) is 0.793. The van der Waals surface area contributed by atoms with Crippen LogP contribution in [-0.2, 0) is 28.6 Å². The highest BCUT2D eigenvalue weighted by molar-refractivity contribution is 6.05. The zero-order valence-electron chi connectivity index (χ0n) is 23.6. The minimum atomic E-state index is -1.85. The molecule has 1 unspecified atom stereocenters. The molecule has 1 N–H and O–H groups in total. The maximum atomic E-state index is 17.7. The summed E-state index contributed by atoms with van der Waals surface area (Å²) in [6.45, 7) is 6.84. The quantitative estimate of drug-likeness (QED) is 0.425. The van der Waals surface area contributed by atoms with Gasteiger partial charge in [0.1, 0.15) is 24.5 Å². The summed E-state index contributed by atoms with van der Waals surface area (Å²) in [7, 11) is 3.40. The van der Waals surface area contributed by atoms with Crippen molar-refractivity contribution in [2.24, 2.45) is 33.7 Å². The Morgan fingerprint density at radius 2 is 2.00 bits per heavy atom. The van der Waals surface area contributed by atoms with Crippen molar-refractivity contribution in [2.75, 3.05) is 40.9 Å². The predicted molar refractivity (Wildman–Crippen MR) is 139 cm³/mol. The molecule has 0 radical (unpaired) electrons. The van der Waals surface area contributed by atoms with Crippen molar-refractivity contribution in [3.05, 3.63) is 23.8 Å². The lowest BCUT2D eigenvalue weighted by molar-refractivity contribution is -0.277. The summed E-state index contributed by atoms with van der Waals surface area (Å²) >= 11 is 0. The highest BCUT2D eigenvalue weighted by atomic mass is 19.1. The number of oxime groups is 1. The number of alkyl halides is 1. The van der Waals surface area contributed by atoms with E-state index in [1.807, 2.05) is 19.1 Å². The molecule has 9 nitrogen and oxygen atoms in total. The Morgan fingerprint density at radius 3 is 2.72 bits per heavy atom. The number of carbonyl (C=O) groups excluding carboxylic acids is 1. The van der Waals surface area contributed by atoms with Gasteiger partial charge in [-0.1, -0.05) is 30.7 Å². The van der Waals surface area contributed by atoms with Crippen LogP contribution in [0.1, 0.15) is 52.9 Å². The maximum Gasteiger partial charge on any atom is 0.227 e. The predicted octanol–water partition coefficient (Wildman–Crippen LogP) is 3.33. The smallest absolute Gasteiger partial charge is 0.227 e. The maximum absolute atomic E-state index is 17.7. The van der Waals surface area contributed by atoms with E-state index in [0.29, 0.717) is 18.6 Å². The molecular weight excluding hydrogens is 507 g/mol. The molecule has 1 amide bonds. The molecule has 5 fully saturated rings. The number of fused-ring (bicyclic) bond motifs is 7. The molecule has 0 aromatic heterocycles. The van der Waals surface area contributed by atoms with Gasteiger partial charge in [-0.3, -0.25) is 4.79 Å². The van der Waals surface area contributed by atoms with Crippen LogP contribution in [0.5, 0.6) is 0 Å². The first-order valence-electron chi connectivity index (χ1n) is 14.1. The molecule has 4 aliphatic carbocycles. The largest absolute Gasteiger partial charge is 0.395 e. The van der Waals surface area contributed by atoms with Crippen molar-refractivity contribution < 1.29 is 38.1 Å². The summed E-state index contributed by atoms with van der Waals surface area (Å²) in [6.07, 6.45) is 6.84. The van der Waals surface area contributed by atoms with Gasteiger partial charge in [-0.2, -0.15) is 0 Å². The summed E-state index contributed by atoms with van der Waals surface area (Å²) in [6, 6.07) is 0. The second-order valence-corrected chi connectivity index (χ2v) is 12.9. The molecule has 0 bridgehead atoms. The number of hydrogen-bond donors (Lipinski definition) is 1. The van der Waals surface area contributed by atoms with Gasteiger partial charge < -0.3 is 33.8 Å². The standard InChI is InChI=1S/C29H41FN2O7/c1-18-12-22-21-7-6-19-13-20(31-39-11-9-24(34)32(4)5)8-10-25(19,2)28(21,30)23(33)14-26(22,3)29(18)27(37-17-38-29)15-35-16-36-27/h8,10,13,18,21-23,33H,6-7,9,11-12,14-17H2,1-5H3/b31-20+/t18-,21+,22+,23+,25+,26+,27?,28+,29-/m1/s1. The second-order valence-electron chi connectivity index (χ2n) is 12.9. The van der Waals surface area contributed by atoms with Crippen LogP contribution in [0.15, 0.2) is 29.0 Å². The Hall–Kier alpha value is -1.85. The van der Waals surface area contributed by atoms with Crippen molar-refractivity contribution in [3.63, 3.8) is 0 Å². The average molecular weight is 549 g/mol. The Labute approximate surface area is 229 Å². The van der Waals surface area contributed by atoms with Crippen LogP contribution in [0, 0.1) is 28.6 Å². The van der Waals surface area contributed by atoms with Crippen molar-refractivity contribution in [1.82, 2.24) is 4.90 Å². The zero-order valence-corrected chi connectivity index (χ0v) is 23.6. The zero-order chi connectivity index (χ0) is 27.8. The SMILES string of the molecule is C[C@@H]1C[C@H]2[C@@H]3CCC4=C/C(=N/OCCC(=O)N(C)C)C=C[C@]4(C)[C@@]3(F)[C@@H](O)C[C@]2(C)[C@]12OCOC21COCO1. The van der Waals surface area contributed by atoms with Gasteiger partial charge in [0.2, 0.25) is 11.7 Å². The van der Waals surface area contributed by atoms with Crippen molar-refractivity contribution in [1.29, 1.82) is 0 Å². The highest BCUT2D eigenvalue weighted by Gasteiger charge is 2.81. The lowest BCUT2D eigenvalue weighted by atomic mass is 9.44. The van der Waals surface area contributed by atoms with Crippen LogP contribution in [0.2, 0.25) is 0 Å². The lowest BCUT2D eigenvalue weighted by Crippen LogP contribution is -2.71. The van der Waals surface area contributed by atoms with Crippen LogP contribution >= 0.6 is 0 Å². The van der Waals surface area contributed by atoms with E-state index in [-0.39, 0.29) is 63.3 Å². The third-order valence-electron chi connectivity index (χ3n) is 11.1. The molecule has 6 rings (SSSR count). The molecule has 9 atom stereocenters. The van der Waals surface area contributed by atoms with Crippen molar-refractivity contribution in [3.8, 4) is 0 Å². The molecule has 2 heterocycles. The highest BCUT2D eigenvalue weighted by Crippen LogP contribution is 2.74. The summed E-state index contributed by atoms with van der Waals surface area (Å²) in [5.41, 5.74) is -2.73. The number of halogens is 1. The van der Waals surface area contributed by atoms with Crippen LogP contribution in [0.25, 0.3) is 0 Å². The molecule has 6 aliphatic rings. The van der Waals surface area contributed by atoms with E-state index in [0.717, 1.165) is 12.0 Å². The first kappa shape index (κ1) is 27.3. The van der Waals surface area contributed by atoms with Crippen LogP contribution in [0.4, 0.5) is 4.39 Å². The lowest BCUT2D eigenvalue weighted by Gasteiger charge is -2.63. The van der Waals surface area contributed by atoms with Crippen LogP contribution in [-0.4, -0.2) is 85.7 Å². The third-order valence-corrected chi connectivity index (χ3v) is 11.1. The number of carbonyl (C=O) groups is 1. The molecule has 216 valence electrons. The van der Waals surface area contributed by atoms with E-state index >= 15 is 4.39 Å². The Bertz CT molecular complexity index is 1110.